The standard InChI is InChI=1S/C62H39N7/c1-4-15-40(16-5-1)54-38-55(41-17-6-2-7-18-41)66-62(65-54)69-57-26-13-11-22-47(57)50-36-43(28-31-60(50)69)53-24-14-23-52(64-53)42-27-30-58-49(35-42)46-21-10-12-25-56(46)68(58)45-29-32-59-51(37-45)48-33-34-63-39-61(48)67(59)44-19-8-3-9-20-44/h1-39H. The number of rotatable bonds is 7. The maximum absolute atomic E-state index is 5.35. The number of aromatic nitrogens is 7. The molecule has 0 radical (unpaired) electrons. The molecule has 0 atom stereocenters. The van der Waals surface area contributed by atoms with Crippen molar-refractivity contribution < 1.29 is 0 Å². The van der Waals surface area contributed by atoms with E-state index in [9.17, 15) is 0 Å². The number of pyridine rings is 2. The first-order valence-electron chi connectivity index (χ1n) is 23.2. The molecule has 0 spiro atoms. The largest absolute Gasteiger partial charge is 0.309 e. The Kier molecular flexibility index (Phi) is 8.75. The highest BCUT2D eigenvalue weighted by Crippen LogP contribution is 2.40. The Morgan fingerprint density at radius 1 is 0.261 bits per heavy atom. The zero-order valence-corrected chi connectivity index (χ0v) is 37.1. The molecular formula is C62H39N7. The summed E-state index contributed by atoms with van der Waals surface area (Å²) in [6, 6.07) is 79.1. The second-order valence-corrected chi connectivity index (χ2v) is 17.5. The normalized spacial score (nSPS) is 11.8. The van der Waals surface area contributed by atoms with Gasteiger partial charge in [-0.2, -0.15) is 0 Å². The minimum absolute atomic E-state index is 0.625. The molecule has 0 aliphatic rings. The molecule has 0 amide bonds. The van der Waals surface area contributed by atoms with Crippen LogP contribution in [0.2, 0.25) is 0 Å². The fourth-order valence-electron chi connectivity index (χ4n) is 10.4. The number of para-hydroxylation sites is 3. The highest BCUT2D eigenvalue weighted by atomic mass is 15.2. The van der Waals surface area contributed by atoms with Gasteiger partial charge in [-0.25, -0.2) is 15.0 Å². The first-order chi connectivity index (χ1) is 34.2. The van der Waals surface area contributed by atoms with E-state index in [1.165, 1.54) is 21.5 Å². The number of nitrogens with zero attached hydrogens (tertiary/aromatic N) is 7. The Morgan fingerprint density at radius 2 is 0.739 bits per heavy atom. The molecule has 14 aromatic rings. The molecule has 0 N–H and O–H groups in total. The third-order valence-corrected chi connectivity index (χ3v) is 13.6. The van der Waals surface area contributed by atoms with Gasteiger partial charge in [0.2, 0.25) is 5.95 Å². The average molecular weight is 882 g/mol. The van der Waals surface area contributed by atoms with Crippen molar-refractivity contribution in [3.8, 4) is 62.4 Å². The van der Waals surface area contributed by atoms with Crippen molar-refractivity contribution in [1.82, 2.24) is 33.6 Å². The molecule has 0 saturated heterocycles. The molecule has 0 bridgehead atoms. The lowest BCUT2D eigenvalue weighted by Gasteiger charge is -2.12. The molecule has 0 aliphatic heterocycles. The highest BCUT2D eigenvalue weighted by Gasteiger charge is 2.20. The summed E-state index contributed by atoms with van der Waals surface area (Å²) in [6.07, 6.45) is 3.85. The third kappa shape index (κ3) is 6.29. The summed E-state index contributed by atoms with van der Waals surface area (Å²) in [7, 11) is 0. The van der Waals surface area contributed by atoms with Crippen LogP contribution >= 0.6 is 0 Å². The minimum atomic E-state index is 0.625. The zero-order valence-electron chi connectivity index (χ0n) is 37.1. The van der Waals surface area contributed by atoms with Crippen molar-refractivity contribution in [2.24, 2.45) is 0 Å². The second kappa shape index (κ2) is 15.6. The molecule has 6 heterocycles. The maximum atomic E-state index is 5.35. The van der Waals surface area contributed by atoms with Crippen LogP contribution in [0.15, 0.2) is 237 Å². The summed E-state index contributed by atoms with van der Waals surface area (Å²) < 4.78 is 6.89. The van der Waals surface area contributed by atoms with E-state index in [2.05, 4.69) is 231 Å². The lowest BCUT2D eigenvalue weighted by atomic mass is 10.0. The molecule has 69 heavy (non-hydrogen) atoms. The van der Waals surface area contributed by atoms with E-state index in [0.29, 0.717) is 5.95 Å². The van der Waals surface area contributed by atoms with Gasteiger partial charge in [0.1, 0.15) is 0 Å². The smallest absolute Gasteiger partial charge is 0.235 e. The van der Waals surface area contributed by atoms with Crippen LogP contribution in [0.3, 0.4) is 0 Å². The summed E-state index contributed by atoms with van der Waals surface area (Å²) in [5.74, 6) is 0.625. The average Bonchev–Trinajstić information content (AvgIpc) is 4.06. The van der Waals surface area contributed by atoms with Crippen molar-refractivity contribution >= 4 is 65.4 Å². The molecular weight excluding hydrogens is 843 g/mol. The molecule has 8 aromatic carbocycles. The van der Waals surface area contributed by atoms with Crippen molar-refractivity contribution in [2.75, 3.05) is 0 Å². The lowest BCUT2D eigenvalue weighted by Crippen LogP contribution is -2.04. The van der Waals surface area contributed by atoms with Crippen molar-refractivity contribution in [3.05, 3.63) is 237 Å². The fourth-order valence-corrected chi connectivity index (χ4v) is 10.4. The van der Waals surface area contributed by atoms with Gasteiger partial charge in [0.05, 0.1) is 62.1 Å². The van der Waals surface area contributed by atoms with E-state index < -0.39 is 0 Å². The lowest BCUT2D eigenvalue weighted by molar-refractivity contribution is 0.995. The molecule has 0 fully saturated rings. The van der Waals surface area contributed by atoms with E-state index in [1.807, 2.05) is 24.5 Å². The van der Waals surface area contributed by atoms with Crippen molar-refractivity contribution in [3.63, 3.8) is 0 Å². The minimum Gasteiger partial charge on any atom is -0.309 e. The van der Waals surface area contributed by atoms with E-state index in [-0.39, 0.29) is 0 Å². The van der Waals surface area contributed by atoms with E-state index in [0.717, 1.165) is 100 Å². The Labute approximate surface area is 396 Å². The Morgan fingerprint density at radius 3 is 1.36 bits per heavy atom. The SMILES string of the molecule is c1ccc(-c2cc(-c3ccccc3)nc(-n3c4ccccc4c4cc(-c5cccc(-c6ccc7c(c6)c6ccccc6n7-c6ccc7c(c6)c6ccncc6n7-c6ccccc6)n5)ccc43)n2)cc1. The van der Waals surface area contributed by atoms with Crippen LogP contribution in [0.5, 0.6) is 0 Å². The zero-order chi connectivity index (χ0) is 45.4. The molecule has 7 nitrogen and oxygen atoms in total. The summed E-state index contributed by atoms with van der Waals surface area (Å²) in [4.78, 5) is 20.3. The second-order valence-electron chi connectivity index (χ2n) is 17.5. The predicted octanol–water partition coefficient (Wildman–Crippen LogP) is 15.2. The van der Waals surface area contributed by atoms with Crippen LogP contribution in [-0.2, 0) is 0 Å². The van der Waals surface area contributed by atoms with E-state index in [4.69, 9.17) is 15.0 Å². The molecule has 322 valence electrons. The third-order valence-electron chi connectivity index (χ3n) is 13.6. The number of hydrogen-bond donors (Lipinski definition) is 0. The monoisotopic (exact) mass is 881 g/mol. The quantitative estimate of drug-likeness (QED) is 0.160. The number of fused-ring (bicyclic) bond motifs is 9. The maximum Gasteiger partial charge on any atom is 0.235 e. The van der Waals surface area contributed by atoms with E-state index >= 15 is 0 Å². The summed E-state index contributed by atoms with van der Waals surface area (Å²) in [6.45, 7) is 0. The molecule has 0 unspecified atom stereocenters. The number of benzene rings is 8. The summed E-state index contributed by atoms with van der Waals surface area (Å²) in [5, 5.41) is 6.96. The van der Waals surface area contributed by atoms with Crippen LogP contribution in [-0.4, -0.2) is 33.6 Å². The van der Waals surface area contributed by atoms with Crippen LogP contribution in [0.25, 0.3) is 128 Å². The Balaban J connectivity index is 0.871. The van der Waals surface area contributed by atoms with E-state index in [1.54, 1.807) is 0 Å². The van der Waals surface area contributed by atoms with Gasteiger partial charge in [0.15, 0.2) is 0 Å². The summed E-state index contributed by atoms with van der Waals surface area (Å²) in [5.41, 5.74) is 16.5. The predicted molar refractivity (Wildman–Crippen MR) is 282 cm³/mol. The first-order valence-corrected chi connectivity index (χ1v) is 23.2. The van der Waals surface area contributed by atoms with Gasteiger partial charge in [-0.3, -0.25) is 9.55 Å². The van der Waals surface area contributed by atoms with Gasteiger partial charge in [-0.15, -0.1) is 0 Å². The van der Waals surface area contributed by atoms with Gasteiger partial charge in [-0.1, -0.05) is 133 Å². The molecule has 6 aromatic heterocycles. The van der Waals surface area contributed by atoms with Gasteiger partial charge < -0.3 is 9.13 Å². The fraction of sp³-hybridized carbons (Fsp3) is 0. The van der Waals surface area contributed by atoms with Crippen LogP contribution < -0.4 is 0 Å². The molecule has 0 saturated carbocycles. The molecule has 7 heteroatoms. The molecule has 14 rings (SSSR count). The Hall–Kier alpha value is -9.46. The van der Waals surface area contributed by atoms with Gasteiger partial charge in [-0.05, 0) is 91.0 Å². The van der Waals surface area contributed by atoms with Crippen molar-refractivity contribution in [1.29, 1.82) is 0 Å². The Bertz CT molecular complexity index is 4240. The van der Waals surface area contributed by atoms with Crippen LogP contribution in [0.1, 0.15) is 0 Å². The van der Waals surface area contributed by atoms with Crippen molar-refractivity contribution in [2.45, 2.75) is 0 Å². The number of hydrogen-bond acceptors (Lipinski definition) is 4. The van der Waals surface area contributed by atoms with Crippen LogP contribution in [0.4, 0.5) is 0 Å². The molecule has 0 aliphatic carbocycles. The topological polar surface area (TPSA) is 66.3 Å². The van der Waals surface area contributed by atoms with Gasteiger partial charge in [0, 0.05) is 72.1 Å². The first kappa shape index (κ1) is 38.8. The van der Waals surface area contributed by atoms with Gasteiger partial charge >= 0.3 is 0 Å². The van der Waals surface area contributed by atoms with Crippen LogP contribution in [0, 0.1) is 0 Å². The highest BCUT2D eigenvalue weighted by molar-refractivity contribution is 6.13. The summed E-state index contributed by atoms with van der Waals surface area (Å²) >= 11 is 0. The van der Waals surface area contributed by atoms with Gasteiger partial charge in [0.25, 0.3) is 0 Å².